The third-order valence-corrected chi connectivity index (χ3v) is 5.09. The van der Waals surface area contributed by atoms with Gasteiger partial charge in [-0.05, 0) is 36.1 Å². The maximum absolute atomic E-state index is 13.0. The standard InChI is InChI=1S/C25H35NO/c1-3-5-7-12-20-26(21-13-8-6-4-2)25(27)24-18-16-23(17-19-24)22-14-10-9-11-15-22/h9-11,14-19H,3-8,12-13,20-21H2,1-2H3. The second-order valence-electron chi connectivity index (χ2n) is 7.36. The predicted molar refractivity (Wildman–Crippen MR) is 116 cm³/mol. The van der Waals surface area contributed by atoms with Gasteiger partial charge in [-0.15, -0.1) is 0 Å². The van der Waals surface area contributed by atoms with Crippen LogP contribution in [0, 0.1) is 0 Å². The summed E-state index contributed by atoms with van der Waals surface area (Å²) in [6.45, 7) is 6.21. The van der Waals surface area contributed by atoms with Crippen LogP contribution in [-0.2, 0) is 0 Å². The van der Waals surface area contributed by atoms with Crippen LogP contribution in [0.15, 0.2) is 54.6 Å². The molecule has 0 aromatic heterocycles. The minimum Gasteiger partial charge on any atom is -0.339 e. The first-order chi connectivity index (χ1) is 13.3. The fourth-order valence-electron chi connectivity index (χ4n) is 3.39. The molecule has 2 aromatic rings. The molecule has 0 bridgehead atoms. The third kappa shape index (κ3) is 7.21. The van der Waals surface area contributed by atoms with E-state index in [1.807, 2.05) is 30.3 Å². The lowest BCUT2D eigenvalue weighted by Crippen LogP contribution is -2.33. The third-order valence-electron chi connectivity index (χ3n) is 5.09. The van der Waals surface area contributed by atoms with Crippen molar-refractivity contribution < 1.29 is 4.79 Å². The Morgan fingerprint density at radius 1 is 0.667 bits per heavy atom. The van der Waals surface area contributed by atoms with Gasteiger partial charge in [-0.25, -0.2) is 0 Å². The summed E-state index contributed by atoms with van der Waals surface area (Å²) in [4.78, 5) is 15.1. The highest BCUT2D eigenvalue weighted by Crippen LogP contribution is 2.20. The molecule has 0 atom stereocenters. The number of carbonyl (C=O) groups excluding carboxylic acids is 1. The molecule has 2 aromatic carbocycles. The first-order valence-electron chi connectivity index (χ1n) is 10.7. The summed E-state index contributed by atoms with van der Waals surface area (Å²) in [6.07, 6.45) is 9.60. The number of unbranched alkanes of at least 4 members (excludes halogenated alkanes) is 6. The van der Waals surface area contributed by atoms with Crippen molar-refractivity contribution in [1.82, 2.24) is 4.90 Å². The number of carbonyl (C=O) groups is 1. The van der Waals surface area contributed by atoms with Crippen LogP contribution in [0.1, 0.15) is 75.6 Å². The number of benzene rings is 2. The molecule has 0 radical (unpaired) electrons. The van der Waals surface area contributed by atoms with Gasteiger partial charge >= 0.3 is 0 Å². The molecule has 2 heteroatoms. The average Bonchev–Trinajstić information content (AvgIpc) is 2.73. The maximum Gasteiger partial charge on any atom is 0.253 e. The van der Waals surface area contributed by atoms with Gasteiger partial charge in [0.1, 0.15) is 0 Å². The Bertz CT molecular complexity index is 636. The Kier molecular flexibility index (Phi) is 9.68. The molecule has 146 valence electrons. The lowest BCUT2D eigenvalue weighted by Gasteiger charge is -2.23. The van der Waals surface area contributed by atoms with Gasteiger partial charge in [0.25, 0.3) is 5.91 Å². The lowest BCUT2D eigenvalue weighted by molar-refractivity contribution is 0.0749. The van der Waals surface area contributed by atoms with Crippen molar-refractivity contribution in [3.63, 3.8) is 0 Å². The molecule has 0 fully saturated rings. The second-order valence-corrected chi connectivity index (χ2v) is 7.36. The summed E-state index contributed by atoms with van der Waals surface area (Å²) in [5.74, 6) is 0.183. The van der Waals surface area contributed by atoms with Gasteiger partial charge in [-0.3, -0.25) is 4.79 Å². The molecule has 0 N–H and O–H groups in total. The lowest BCUT2D eigenvalue weighted by atomic mass is 10.0. The van der Waals surface area contributed by atoms with Crippen molar-refractivity contribution in [2.45, 2.75) is 65.2 Å². The fourth-order valence-corrected chi connectivity index (χ4v) is 3.39. The highest BCUT2D eigenvalue weighted by molar-refractivity contribution is 5.94. The Hall–Kier alpha value is -2.09. The SMILES string of the molecule is CCCCCCN(CCCCCC)C(=O)c1ccc(-c2ccccc2)cc1. The summed E-state index contributed by atoms with van der Waals surface area (Å²) < 4.78 is 0. The van der Waals surface area contributed by atoms with Crippen molar-refractivity contribution in [2.24, 2.45) is 0 Å². The van der Waals surface area contributed by atoms with Crippen molar-refractivity contribution in [3.8, 4) is 11.1 Å². The van der Waals surface area contributed by atoms with Crippen LogP contribution in [0.4, 0.5) is 0 Å². The van der Waals surface area contributed by atoms with Gasteiger partial charge in [-0.2, -0.15) is 0 Å². The first kappa shape index (κ1) is 21.2. The van der Waals surface area contributed by atoms with E-state index in [9.17, 15) is 4.79 Å². The van der Waals surface area contributed by atoms with Crippen molar-refractivity contribution >= 4 is 5.91 Å². The number of nitrogens with zero attached hydrogens (tertiary/aromatic N) is 1. The van der Waals surface area contributed by atoms with Crippen LogP contribution in [0.2, 0.25) is 0 Å². The Morgan fingerprint density at radius 2 is 1.19 bits per heavy atom. The van der Waals surface area contributed by atoms with Gasteiger partial charge in [0.15, 0.2) is 0 Å². The van der Waals surface area contributed by atoms with Crippen molar-refractivity contribution in [1.29, 1.82) is 0 Å². The summed E-state index contributed by atoms with van der Waals surface area (Å²) in [6, 6.07) is 18.4. The van der Waals surface area contributed by atoms with Crippen molar-refractivity contribution in [3.05, 3.63) is 60.2 Å². The normalized spacial score (nSPS) is 10.7. The molecule has 2 nitrogen and oxygen atoms in total. The van der Waals surface area contributed by atoms with E-state index in [-0.39, 0.29) is 5.91 Å². The van der Waals surface area contributed by atoms with E-state index in [2.05, 4.69) is 43.0 Å². The highest BCUT2D eigenvalue weighted by Gasteiger charge is 2.15. The number of hydrogen-bond acceptors (Lipinski definition) is 1. The molecule has 0 saturated heterocycles. The second kappa shape index (κ2) is 12.3. The van der Waals surface area contributed by atoms with Gasteiger partial charge in [0, 0.05) is 18.7 Å². The van der Waals surface area contributed by atoms with Crippen LogP contribution in [0.5, 0.6) is 0 Å². The molecule has 0 saturated carbocycles. The van der Waals surface area contributed by atoms with E-state index in [1.165, 1.54) is 44.1 Å². The number of hydrogen-bond donors (Lipinski definition) is 0. The number of rotatable bonds is 12. The number of amides is 1. The topological polar surface area (TPSA) is 20.3 Å². The van der Waals surface area contributed by atoms with E-state index >= 15 is 0 Å². The molecule has 0 unspecified atom stereocenters. The summed E-state index contributed by atoms with van der Waals surface area (Å²) in [5, 5.41) is 0. The zero-order valence-electron chi connectivity index (χ0n) is 17.1. The van der Waals surface area contributed by atoms with E-state index in [0.29, 0.717) is 0 Å². The summed E-state index contributed by atoms with van der Waals surface area (Å²) in [7, 11) is 0. The molecule has 1 amide bonds. The fraction of sp³-hybridized carbons (Fsp3) is 0.480. The first-order valence-corrected chi connectivity index (χ1v) is 10.7. The zero-order chi connectivity index (χ0) is 19.3. The molecule has 2 rings (SSSR count). The average molecular weight is 366 g/mol. The van der Waals surface area contributed by atoms with Crippen LogP contribution in [-0.4, -0.2) is 23.9 Å². The Labute approximate surface area is 165 Å². The van der Waals surface area contributed by atoms with Gasteiger partial charge < -0.3 is 4.90 Å². The molecule has 0 heterocycles. The predicted octanol–water partition coefficient (Wildman–Crippen LogP) is 6.96. The van der Waals surface area contributed by atoms with E-state index in [4.69, 9.17) is 0 Å². The van der Waals surface area contributed by atoms with Crippen LogP contribution in [0.25, 0.3) is 11.1 Å². The maximum atomic E-state index is 13.0. The van der Waals surface area contributed by atoms with E-state index < -0.39 is 0 Å². The minimum atomic E-state index is 0.183. The van der Waals surface area contributed by atoms with Crippen LogP contribution >= 0.6 is 0 Å². The quantitative estimate of drug-likeness (QED) is 0.372. The Balaban J connectivity index is 2.01. The highest BCUT2D eigenvalue weighted by atomic mass is 16.2. The summed E-state index contributed by atoms with van der Waals surface area (Å²) in [5.41, 5.74) is 3.15. The van der Waals surface area contributed by atoms with Gasteiger partial charge in [-0.1, -0.05) is 94.8 Å². The largest absolute Gasteiger partial charge is 0.339 e. The molecule has 0 aliphatic carbocycles. The van der Waals surface area contributed by atoms with E-state index in [0.717, 1.165) is 37.1 Å². The van der Waals surface area contributed by atoms with Crippen LogP contribution in [0.3, 0.4) is 0 Å². The molecule has 27 heavy (non-hydrogen) atoms. The molecule has 0 aliphatic heterocycles. The van der Waals surface area contributed by atoms with Crippen molar-refractivity contribution in [2.75, 3.05) is 13.1 Å². The smallest absolute Gasteiger partial charge is 0.253 e. The Morgan fingerprint density at radius 3 is 1.70 bits per heavy atom. The zero-order valence-corrected chi connectivity index (χ0v) is 17.1. The molecular formula is C25H35NO. The minimum absolute atomic E-state index is 0.183. The molecule has 0 spiro atoms. The molecule has 0 aliphatic rings. The van der Waals surface area contributed by atoms with Gasteiger partial charge in [0.2, 0.25) is 0 Å². The summed E-state index contributed by atoms with van der Waals surface area (Å²) >= 11 is 0. The van der Waals surface area contributed by atoms with Crippen LogP contribution < -0.4 is 0 Å². The monoisotopic (exact) mass is 365 g/mol. The van der Waals surface area contributed by atoms with Gasteiger partial charge in [0.05, 0.1) is 0 Å². The van der Waals surface area contributed by atoms with E-state index in [1.54, 1.807) is 0 Å². The molecular weight excluding hydrogens is 330 g/mol.